The van der Waals surface area contributed by atoms with Gasteiger partial charge in [-0.3, -0.25) is 0 Å². The van der Waals surface area contributed by atoms with Gasteiger partial charge in [-0.1, -0.05) is 0 Å². The van der Waals surface area contributed by atoms with Gasteiger partial charge in [-0.2, -0.15) is 0 Å². The molecule has 6 heteroatoms. The van der Waals surface area contributed by atoms with Crippen LogP contribution in [0.25, 0.3) is 0 Å². The van der Waals surface area contributed by atoms with Crippen molar-refractivity contribution in [3.05, 3.63) is 21.7 Å². The Kier molecular flexibility index (Phi) is 3.05. The Morgan fingerprint density at radius 2 is 2.21 bits per heavy atom. The minimum Gasteiger partial charge on any atom is -0.492 e. The van der Waals surface area contributed by atoms with Crippen molar-refractivity contribution >= 4 is 21.9 Å². The number of hydrogen-bond acceptors (Lipinski definition) is 3. The Labute approximate surface area is 87.8 Å². The first-order chi connectivity index (χ1) is 6.49. The summed E-state index contributed by atoms with van der Waals surface area (Å²) in [6, 6.07) is 0. The highest BCUT2D eigenvalue weighted by Crippen LogP contribution is 2.31. The van der Waals surface area contributed by atoms with Crippen LogP contribution in [0.4, 0.5) is 4.39 Å². The molecular weight excluding hydrogens is 257 g/mol. The Morgan fingerprint density at radius 3 is 2.64 bits per heavy atom. The molecule has 0 radical (unpaired) electrons. The number of aryl methyl sites for hydroxylation is 1. The first kappa shape index (κ1) is 10.9. The molecule has 0 amide bonds. The first-order valence-electron chi connectivity index (χ1n) is 3.62. The maximum Gasteiger partial charge on any atom is 0.357 e. The summed E-state index contributed by atoms with van der Waals surface area (Å²) in [5.74, 6) is -2.54. The van der Waals surface area contributed by atoms with Crippen LogP contribution in [-0.2, 0) is 0 Å². The zero-order chi connectivity index (χ0) is 10.9. The van der Waals surface area contributed by atoms with Gasteiger partial charge in [-0.15, -0.1) is 0 Å². The lowest BCUT2D eigenvalue weighted by Gasteiger charge is -2.08. The molecule has 4 nitrogen and oxygen atoms in total. The summed E-state index contributed by atoms with van der Waals surface area (Å²) in [4.78, 5) is 14.2. The fraction of sp³-hybridized carbons (Fsp3) is 0.250. The summed E-state index contributed by atoms with van der Waals surface area (Å²) in [6.07, 6.45) is 0. The van der Waals surface area contributed by atoms with Crippen molar-refractivity contribution in [3.63, 3.8) is 0 Å². The molecule has 0 saturated carbocycles. The standard InChI is InChI=1S/C8H7BrFNO3/c1-3-4(9)7(14-2)5(10)6(11-3)8(12)13/h1-2H3,(H,12,13). The van der Waals surface area contributed by atoms with Crippen molar-refractivity contribution in [2.45, 2.75) is 6.92 Å². The number of nitrogens with zero attached hydrogens (tertiary/aromatic N) is 1. The molecule has 14 heavy (non-hydrogen) atoms. The quantitative estimate of drug-likeness (QED) is 0.887. The van der Waals surface area contributed by atoms with Crippen LogP contribution in [0.1, 0.15) is 16.2 Å². The Balaban J connectivity index is 3.50. The summed E-state index contributed by atoms with van der Waals surface area (Å²) in [5.41, 5.74) is -0.275. The number of aromatic carboxylic acids is 1. The van der Waals surface area contributed by atoms with Crippen molar-refractivity contribution in [1.82, 2.24) is 4.98 Å². The topological polar surface area (TPSA) is 59.4 Å². The maximum absolute atomic E-state index is 13.4. The van der Waals surface area contributed by atoms with E-state index in [2.05, 4.69) is 20.9 Å². The number of carbonyl (C=O) groups is 1. The Bertz CT molecular complexity index is 395. The second kappa shape index (κ2) is 3.91. The van der Waals surface area contributed by atoms with Gasteiger partial charge in [0.1, 0.15) is 0 Å². The number of aromatic nitrogens is 1. The highest BCUT2D eigenvalue weighted by atomic mass is 79.9. The molecule has 1 heterocycles. The average Bonchev–Trinajstić information content (AvgIpc) is 2.12. The minimum absolute atomic E-state index is 0.144. The molecule has 1 aromatic heterocycles. The molecule has 0 aliphatic carbocycles. The van der Waals surface area contributed by atoms with Crippen LogP contribution in [0, 0.1) is 12.7 Å². The van der Waals surface area contributed by atoms with Gasteiger partial charge in [0.05, 0.1) is 17.3 Å². The Morgan fingerprint density at radius 1 is 1.64 bits per heavy atom. The number of halogens is 2. The fourth-order valence-electron chi connectivity index (χ4n) is 0.955. The molecule has 0 spiro atoms. The van der Waals surface area contributed by atoms with Crippen LogP contribution >= 0.6 is 15.9 Å². The largest absolute Gasteiger partial charge is 0.492 e. The third kappa shape index (κ3) is 1.70. The smallest absolute Gasteiger partial charge is 0.357 e. The zero-order valence-electron chi connectivity index (χ0n) is 7.47. The molecular formula is C8H7BrFNO3. The molecule has 0 bridgehead atoms. The molecule has 0 fully saturated rings. The number of carboxylic acids is 1. The van der Waals surface area contributed by atoms with Crippen molar-refractivity contribution in [3.8, 4) is 5.75 Å². The van der Waals surface area contributed by atoms with Crippen LogP contribution in [0.15, 0.2) is 4.47 Å². The van der Waals surface area contributed by atoms with Crippen molar-refractivity contribution in [1.29, 1.82) is 0 Å². The number of ether oxygens (including phenoxy) is 1. The van der Waals surface area contributed by atoms with Crippen LogP contribution in [-0.4, -0.2) is 23.2 Å². The number of methoxy groups -OCH3 is 1. The number of carboxylic acid groups (broad SMARTS) is 1. The normalized spacial score (nSPS) is 10.0. The predicted molar refractivity (Wildman–Crippen MR) is 50.1 cm³/mol. The van der Waals surface area contributed by atoms with E-state index in [1.54, 1.807) is 6.92 Å². The second-order valence-corrected chi connectivity index (χ2v) is 3.31. The number of rotatable bonds is 2. The molecule has 0 atom stereocenters. The lowest BCUT2D eigenvalue weighted by atomic mass is 10.2. The summed E-state index contributed by atoms with van der Waals surface area (Å²) in [5, 5.41) is 8.63. The van der Waals surface area contributed by atoms with Crippen LogP contribution in [0.2, 0.25) is 0 Å². The zero-order valence-corrected chi connectivity index (χ0v) is 9.05. The van der Waals surface area contributed by atoms with E-state index in [9.17, 15) is 9.18 Å². The second-order valence-electron chi connectivity index (χ2n) is 2.51. The van der Waals surface area contributed by atoms with Gasteiger partial charge in [-0.25, -0.2) is 14.2 Å². The minimum atomic E-state index is -1.42. The van der Waals surface area contributed by atoms with Crippen LogP contribution < -0.4 is 4.74 Å². The van der Waals surface area contributed by atoms with Crippen LogP contribution in [0.3, 0.4) is 0 Å². The van der Waals surface area contributed by atoms with Gasteiger partial charge in [-0.05, 0) is 22.9 Å². The highest BCUT2D eigenvalue weighted by molar-refractivity contribution is 9.10. The molecule has 1 N–H and O–H groups in total. The molecule has 0 aliphatic rings. The monoisotopic (exact) mass is 263 g/mol. The molecule has 0 aromatic carbocycles. The molecule has 1 aromatic rings. The first-order valence-corrected chi connectivity index (χ1v) is 4.41. The van der Waals surface area contributed by atoms with Crippen molar-refractivity contribution < 1.29 is 19.0 Å². The summed E-state index contributed by atoms with van der Waals surface area (Å²) >= 11 is 3.05. The van der Waals surface area contributed by atoms with E-state index in [0.717, 1.165) is 0 Å². The van der Waals surface area contributed by atoms with Gasteiger partial charge < -0.3 is 9.84 Å². The molecule has 0 saturated heterocycles. The van der Waals surface area contributed by atoms with Gasteiger partial charge in [0, 0.05) is 0 Å². The van der Waals surface area contributed by atoms with E-state index in [0.29, 0.717) is 10.2 Å². The molecule has 1 rings (SSSR count). The average molecular weight is 264 g/mol. The molecule has 0 unspecified atom stereocenters. The van der Waals surface area contributed by atoms with Crippen molar-refractivity contribution in [2.75, 3.05) is 7.11 Å². The van der Waals surface area contributed by atoms with E-state index >= 15 is 0 Å². The summed E-state index contributed by atoms with van der Waals surface area (Å²) in [6.45, 7) is 1.55. The van der Waals surface area contributed by atoms with E-state index in [4.69, 9.17) is 9.84 Å². The van der Waals surface area contributed by atoms with E-state index in [-0.39, 0.29) is 5.75 Å². The number of hydrogen-bond donors (Lipinski definition) is 1. The maximum atomic E-state index is 13.4. The summed E-state index contributed by atoms with van der Waals surface area (Å²) < 4.78 is 18.4. The van der Waals surface area contributed by atoms with Gasteiger partial charge in [0.25, 0.3) is 0 Å². The highest BCUT2D eigenvalue weighted by Gasteiger charge is 2.21. The third-order valence-electron chi connectivity index (χ3n) is 1.61. The van der Waals surface area contributed by atoms with Gasteiger partial charge in [0.2, 0.25) is 0 Å². The van der Waals surface area contributed by atoms with Crippen molar-refractivity contribution in [2.24, 2.45) is 0 Å². The predicted octanol–water partition coefficient (Wildman–Crippen LogP) is 2.00. The molecule has 76 valence electrons. The fourth-order valence-corrected chi connectivity index (χ4v) is 1.38. The SMILES string of the molecule is COc1c(F)c(C(=O)O)nc(C)c1Br. The molecule has 0 aliphatic heterocycles. The lowest BCUT2D eigenvalue weighted by molar-refractivity contribution is 0.0683. The lowest BCUT2D eigenvalue weighted by Crippen LogP contribution is -2.08. The van der Waals surface area contributed by atoms with Crippen LogP contribution in [0.5, 0.6) is 5.75 Å². The van der Waals surface area contributed by atoms with E-state index in [1.165, 1.54) is 7.11 Å². The van der Waals surface area contributed by atoms with E-state index < -0.39 is 17.5 Å². The Hall–Kier alpha value is -1.17. The number of pyridine rings is 1. The third-order valence-corrected chi connectivity index (χ3v) is 2.54. The van der Waals surface area contributed by atoms with Gasteiger partial charge in [0.15, 0.2) is 17.3 Å². The van der Waals surface area contributed by atoms with Gasteiger partial charge >= 0.3 is 5.97 Å². The summed E-state index contributed by atoms with van der Waals surface area (Å²) in [7, 11) is 1.26. The van der Waals surface area contributed by atoms with E-state index in [1.807, 2.05) is 0 Å².